The van der Waals surface area contributed by atoms with Gasteiger partial charge in [0.1, 0.15) is 0 Å². The Kier molecular flexibility index (Phi) is 3.27. The molecule has 104 valence electrons. The Bertz CT molecular complexity index is 737. The molecular formula is C12H10Cl2N4O2. The number of halogens is 2. The smallest absolute Gasteiger partial charge is 0.341 e. The fourth-order valence-electron chi connectivity index (χ4n) is 2.39. The Morgan fingerprint density at radius 2 is 2.20 bits per heavy atom. The van der Waals surface area contributed by atoms with Gasteiger partial charge in [-0.3, -0.25) is 9.78 Å². The van der Waals surface area contributed by atoms with Gasteiger partial charge in [-0.05, 0) is 30.0 Å². The van der Waals surface area contributed by atoms with E-state index < -0.39 is 11.6 Å². The van der Waals surface area contributed by atoms with E-state index in [1.807, 2.05) is 6.07 Å². The van der Waals surface area contributed by atoms with Crippen molar-refractivity contribution in [3.63, 3.8) is 0 Å². The second-order valence-corrected chi connectivity index (χ2v) is 5.31. The van der Waals surface area contributed by atoms with E-state index in [0.29, 0.717) is 10.0 Å². The number of fused-ring (bicyclic) bond motifs is 1. The molecule has 0 unspecified atom stereocenters. The normalized spacial score (nSPS) is 17.0. The molecule has 0 bridgehead atoms. The third-order valence-corrected chi connectivity index (χ3v) is 4.16. The highest BCUT2D eigenvalue weighted by Crippen LogP contribution is 2.39. The molecule has 1 aliphatic rings. The van der Waals surface area contributed by atoms with Crippen LogP contribution in [0.25, 0.3) is 0 Å². The van der Waals surface area contributed by atoms with Crippen LogP contribution in [-0.4, -0.2) is 21.1 Å². The largest absolute Gasteiger partial charge is 0.342 e. The molecule has 0 spiro atoms. The number of rotatable bonds is 2. The maximum Gasteiger partial charge on any atom is 0.341 e. The molecule has 3 N–H and O–H groups in total. The summed E-state index contributed by atoms with van der Waals surface area (Å²) in [5.74, 6) is -0.476. The number of aromatic amines is 2. The molecule has 1 aromatic heterocycles. The van der Waals surface area contributed by atoms with Crippen LogP contribution in [0.4, 0.5) is 0 Å². The first-order chi connectivity index (χ1) is 9.56. The highest BCUT2D eigenvalue weighted by atomic mass is 35.5. The second-order valence-electron chi connectivity index (χ2n) is 4.52. The van der Waals surface area contributed by atoms with E-state index in [1.54, 1.807) is 6.07 Å². The van der Waals surface area contributed by atoms with Crippen LogP contribution in [-0.2, 0) is 6.42 Å². The molecule has 1 aliphatic carbocycles. The molecule has 1 atom stereocenters. The first-order valence-electron chi connectivity index (χ1n) is 5.98. The van der Waals surface area contributed by atoms with E-state index in [4.69, 9.17) is 23.2 Å². The number of hydrogen-bond donors (Lipinski definition) is 3. The quantitative estimate of drug-likeness (QED) is 0.790. The van der Waals surface area contributed by atoms with Crippen LogP contribution in [0.2, 0.25) is 10.0 Å². The third-order valence-electron chi connectivity index (χ3n) is 3.31. The van der Waals surface area contributed by atoms with E-state index in [0.717, 1.165) is 24.0 Å². The van der Waals surface area contributed by atoms with Crippen molar-refractivity contribution in [1.82, 2.24) is 20.5 Å². The van der Waals surface area contributed by atoms with Gasteiger partial charge in [0.15, 0.2) is 0 Å². The number of amides is 1. The zero-order chi connectivity index (χ0) is 14.3. The summed E-state index contributed by atoms with van der Waals surface area (Å²) in [5.41, 5.74) is 1.39. The van der Waals surface area contributed by atoms with Crippen molar-refractivity contribution in [1.29, 1.82) is 0 Å². The number of carbonyl (C=O) groups is 1. The van der Waals surface area contributed by atoms with Gasteiger partial charge in [0.25, 0.3) is 5.91 Å². The summed E-state index contributed by atoms with van der Waals surface area (Å²) in [7, 11) is 0. The average Bonchev–Trinajstić information content (AvgIpc) is 3.01. The highest BCUT2D eigenvalue weighted by Gasteiger charge is 2.27. The van der Waals surface area contributed by atoms with Crippen LogP contribution in [0.1, 0.15) is 34.2 Å². The van der Waals surface area contributed by atoms with Crippen molar-refractivity contribution >= 4 is 29.1 Å². The van der Waals surface area contributed by atoms with Crippen LogP contribution in [0.15, 0.2) is 16.9 Å². The summed E-state index contributed by atoms with van der Waals surface area (Å²) >= 11 is 12.1. The van der Waals surface area contributed by atoms with Crippen LogP contribution in [0.3, 0.4) is 0 Å². The maximum atomic E-state index is 12.0. The van der Waals surface area contributed by atoms with Crippen molar-refractivity contribution in [2.45, 2.75) is 18.9 Å². The predicted octanol–water partition coefficient (Wildman–Crippen LogP) is 1.82. The molecule has 3 rings (SSSR count). The predicted molar refractivity (Wildman–Crippen MR) is 74.2 cm³/mol. The lowest BCUT2D eigenvalue weighted by Crippen LogP contribution is -2.28. The highest BCUT2D eigenvalue weighted by molar-refractivity contribution is 6.42. The summed E-state index contributed by atoms with van der Waals surface area (Å²) in [6, 6.07) is 3.41. The van der Waals surface area contributed by atoms with Gasteiger partial charge in [0.2, 0.25) is 5.82 Å². The first-order valence-corrected chi connectivity index (χ1v) is 6.74. The maximum absolute atomic E-state index is 12.0. The fraction of sp³-hybridized carbons (Fsp3) is 0.250. The van der Waals surface area contributed by atoms with E-state index >= 15 is 0 Å². The van der Waals surface area contributed by atoms with Crippen molar-refractivity contribution in [3.05, 3.63) is 49.6 Å². The number of hydrogen-bond acceptors (Lipinski definition) is 3. The standard InChI is InChI=1S/C12H10Cl2N4O2/c13-7-3-1-5-6(9(7)14)2-4-8(5)15-11(19)10-16-12(20)18-17-10/h1,3,8H,2,4H2,(H,15,19)(H2,16,17,18,20)/t8-/m0/s1. The number of aromatic nitrogens is 3. The van der Waals surface area contributed by atoms with E-state index in [1.165, 1.54) is 0 Å². The minimum Gasteiger partial charge on any atom is -0.342 e. The van der Waals surface area contributed by atoms with E-state index in [9.17, 15) is 9.59 Å². The van der Waals surface area contributed by atoms with Crippen molar-refractivity contribution in [2.75, 3.05) is 0 Å². The molecule has 0 saturated carbocycles. The molecule has 1 heterocycles. The first kappa shape index (κ1) is 13.2. The Hall–Kier alpha value is -1.79. The van der Waals surface area contributed by atoms with Gasteiger partial charge in [0, 0.05) is 0 Å². The molecule has 0 fully saturated rings. The summed E-state index contributed by atoms with van der Waals surface area (Å²) in [5, 5.41) is 9.61. The molecule has 0 radical (unpaired) electrons. The average molecular weight is 313 g/mol. The molecule has 0 aliphatic heterocycles. The van der Waals surface area contributed by atoms with Gasteiger partial charge in [-0.1, -0.05) is 29.3 Å². The van der Waals surface area contributed by atoms with Crippen molar-refractivity contribution in [2.24, 2.45) is 0 Å². The molecule has 0 saturated heterocycles. The van der Waals surface area contributed by atoms with Gasteiger partial charge in [-0.25, -0.2) is 9.89 Å². The molecule has 20 heavy (non-hydrogen) atoms. The Balaban J connectivity index is 1.84. The van der Waals surface area contributed by atoms with Crippen molar-refractivity contribution in [3.8, 4) is 0 Å². The Labute approximate surface area is 123 Å². The number of nitrogens with zero attached hydrogens (tertiary/aromatic N) is 1. The number of H-pyrrole nitrogens is 2. The van der Waals surface area contributed by atoms with Crippen molar-refractivity contribution < 1.29 is 4.79 Å². The minimum absolute atomic E-state index is 0.0384. The topological polar surface area (TPSA) is 90.6 Å². The number of benzene rings is 1. The molecule has 2 aromatic rings. The van der Waals surface area contributed by atoms with Crippen LogP contribution in [0, 0.1) is 0 Å². The lowest BCUT2D eigenvalue weighted by molar-refractivity contribution is 0.0926. The zero-order valence-electron chi connectivity index (χ0n) is 10.2. The van der Waals surface area contributed by atoms with Gasteiger partial charge < -0.3 is 5.32 Å². The summed E-state index contributed by atoms with van der Waals surface area (Å²) in [6.07, 6.45) is 1.48. The van der Waals surface area contributed by atoms with Gasteiger partial charge in [-0.2, -0.15) is 0 Å². The molecule has 6 nitrogen and oxygen atoms in total. The van der Waals surface area contributed by atoms with E-state index in [2.05, 4.69) is 20.5 Å². The van der Waals surface area contributed by atoms with E-state index in [-0.39, 0.29) is 11.9 Å². The zero-order valence-corrected chi connectivity index (χ0v) is 11.7. The number of carbonyl (C=O) groups excluding carboxylic acids is 1. The molecular weight excluding hydrogens is 303 g/mol. The summed E-state index contributed by atoms with van der Waals surface area (Å²) in [4.78, 5) is 25.2. The monoisotopic (exact) mass is 312 g/mol. The summed E-state index contributed by atoms with van der Waals surface area (Å²) < 4.78 is 0. The minimum atomic E-state index is -0.517. The molecule has 1 amide bonds. The summed E-state index contributed by atoms with van der Waals surface area (Å²) in [6.45, 7) is 0. The van der Waals surface area contributed by atoms with Gasteiger partial charge in [0.05, 0.1) is 16.1 Å². The fourth-order valence-corrected chi connectivity index (χ4v) is 2.83. The molecule has 8 heteroatoms. The van der Waals surface area contributed by atoms with Gasteiger partial charge in [-0.15, -0.1) is 5.10 Å². The van der Waals surface area contributed by atoms with Crippen LogP contribution in [0.5, 0.6) is 0 Å². The lowest BCUT2D eigenvalue weighted by atomic mass is 10.1. The third kappa shape index (κ3) is 2.21. The van der Waals surface area contributed by atoms with Crippen LogP contribution >= 0.6 is 23.2 Å². The van der Waals surface area contributed by atoms with Gasteiger partial charge >= 0.3 is 5.69 Å². The molecule has 1 aromatic carbocycles. The Morgan fingerprint density at radius 3 is 2.90 bits per heavy atom. The van der Waals surface area contributed by atoms with Crippen LogP contribution < -0.4 is 11.0 Å². The Morgan fingerprint density at radius 1 is 1.40 bits per heavy atom. The second kappa shape index (κ2) is 4.96. The number of nitrogens with one attached hydrogen (secondary N) is 3. The SMILES string of the molecule is O=C(N[C@H]1CCc2c1ccc(Cl)c2Cl)c1n[nH]c(=O)[nH]1. The lowest BCUT2D eigenvalue weighted by Gasteiger charge is -2.13.